The van der Waals surface area contributed by atoms with Crippen LogP contribution in [0.1, 0.15) is 5.56 Å². The van der Waals surface area contributed by atoms with Crippen LogP contribution in [0.3, 0.4) is 0 Å². The molecule has 0 aliphatic heterocycles. The quantitative estimate of drug-likeness (QED) is 0.430. The lowest BCUT2D eigenvalue weighted by Gasteiger charge is -2.07. The van der Waals surface area contributed by atoms with Crippen molar-refractivity contribution in [1.82, 2.24) is 0 Å². The monoisotopic (exact) mass is 329 g/mol. The van der Waals surface area contributed by atoms with Crippen LogP contribution < -0.4 is 0 Å². The Morgan fingerprint density at radius 2 is 2.00 bits per heavy atom. The number of benzene rings is 1. The average molecular weight is 329 g/mol. The van der Waals surface area contributed by atoms with Gasteiger partial charge in [0.05, 0.1) is 16.4 Å². The van der Waals surface area contributed by atoms with Crippen molar-refractivity contribution < 1.29 is 13.2 Å². The number of nitrogens with zero attached hydrogens (tertiary/aromatic N) is 1. The fourth-order valence-corrected chi connectivity index (χ4v) is 1.56. The molecule has 1 aromatic carbocycles. The molecule has 74 valence electrons. The van der Waals surface area contributed by atoms with Crippen molar-refractivity contribution in [1.29, 1.82) is 0 Å². The molecule has 14 heavy (non-hydrogen) atoms. The Morgan fingerprint density at radius 3 is 2.43 bits per heavy atom. The summed E-state index contributed by atoms with van der Waals surface area (Å²) in [7, 11) is 0. The number of halogens is 4. The van der Waals surface area contributed by atoms with E-state index in [1.165, 1.54) is 6.07 Å². The molecule has 0 aromatic heterocycles. The molecule has 0 fully saturated rings. The molecule has 0 heterocycles. The van der Waals surface area contributed by atoms with E-state index in [1.54, 1.807) is 22.6 Å². The lowest BCUT2D eigenvalue weighted by molar-refractivity contribution is -0.137. The zero-order valence-electron chi connectivity index (χ0n) is 6.60. The first kappa shape index (κ1) is 11.6. The van der Waals surface area contributed by atoms with Crippen molar-refractivity contribution >= 4 is 45.7 Å². The highest BCUT2D eigenvalue weighted by Gasteiger charge is 2.30. The Balaban J connectivity index is 3.19. The van der Waals surface area contributed by atoms with Gasteiger partial charge in [0.25, 0.3) is 0 Å². The standard InChI is InChI=1S/C8H3F3INS/c9-8(10,11)5-1-2-7(13-4-14)6(12)3-5/h1-3H. The van der Waals surface area contributed by atoms with E-state index in [0.717, 1.165) is 12.1 Å². The van der Waals surface area contributed by atoms with Gasteiger partial charge < -0.3 is 0 Å². The van der Waals surface area contributed by atoms with Gasteiger partial charge in [0.15, 0.2) is 0 Å². The van der Waals surface area contributed by atoms with Crippen LogP contribution in [0.5, 0.6) is 0 Å². The molecular weight excluding hydrogens is 326 g/mol. The molecule has 0 spiro atoms. The third-order valence-electron chi connectivity index (χ3n) is 1.44. The zero-order chi connectivity index (χ0) is 10.8. The van der Waals surface area contributed by atoms with E-state index in [2.05, 4.69) is 22.4 Å². The molecule has 0 N–H and O–H groups in total. The van der Waals surface area contributed by atoms with Crippen LogP contribution in [0.2, 0.25) is 0 Å². The highest BCUT2D eigenvalue weighted by atomic mass is 127. The summed E-state index contributed by atoms with van der Waals surface area (Å²) < 4.78 is 37.0. The molecule has 0 aliphatic rings. The van der Waals surface area contributed by atoms with Gasteiger partial charge in [-0.2, -0.15) is 18.2 Å². The van der Waals surface area contributed by atoms with Gasteiger partial charge in [0.1, 0.15) is 0 Å². The lowest BCUT2D eigenvalue weighted by Crippen LogP contribution is -2.04. The number of isothiocyanates is 1. The van der Waals surface area contributed by atoms with Gasteiger partial charge in [0, 0.05) is 3.57 Å². The molecule has 0 aliphatic carbocycles. The predicted molar refractivity (Wildman–Crippen MR) is 58.8 cm³/mol. The van der Waals surface area contributed by atoms with Crippen LogP contribution >= 0.6 is 34.8 Å². The summed E-state index contributed by atoms with van der Waals surface area (Å²) >= 11 is 6.13. The van der Waals surface area contributed by atoms with Crippen molar-refractivity contribution in [2.75, 3.05) is 0 Å². The molecule has 0 amide bonds. The van der Waals surface area contributed by atoms with Gasteiger partial charge >= 0.3 is 6.18 Å². The van der Waals surface area contributed by atoms with Crippen molar-refractivity contribution in [2.45, 2.75) is 6.18 Å². The van der Waals surface area contributed by atoms with E-state index in [4.69, 9.17) is 0 Å². The Kier molecular flexibility index (Phi) is 3.63. The second-order valence-electron chi connectivity index (χ2n) is 2.37. The second kappa shape index (κ2) is 4.37. The fraction of sp³-hybridized carbons (Fsp3) is 0.125. The second-order valence-corrected chi connectivity index (χ2v) is 3.71. The van der Waals surface area contributed by atoms with E-state index in [9.17, 15) is 13.2 Å². The summed E-state index contributed by atoms with van der Waals surface area (Å²) in [4.78, 5) is 3.62. The number of rotatable bonds is 1. The molecule has 0 saturated heterocycles. The highest BCUT2D eigenvalue weighted by Crippen LogP contribution is 2.32. The molecule has 1 aromatic rings. The van der Waals surface area contributed by atoms with E-state index in [0.29, 0.717) is 9.26 Å². The van der Waals surface area contributed by atoms with Crippen LogP contribution in [0.15, 0.2) is 23.2 Å². The van der Waals surface area contributed by atoms with Crippen LogP contribution in [-0.4, -0.2) is 5.16 Å². The maximum Gasteiger partial charge on any atom is 0.416 e. The van der Waals surface area contributed by atoms with Crippen molar-refractivity contribution in [3.63, 3.8) is 0 Å². The Morgan fingerprint density at radius 1 is 1.36 bits per heavy atom. The first-order valence-electron chi connectivity index (χ1n) is 3.40. The number of hydrogen-bond acceptors (Lipinski definition) is 2. The maximum atomic E-state index is 12.2. The third-order valence-corrected chi connectivity index (χ3v) is 2.40. The number of alkyl halides is 3. The van der Waals surface area contributed by atoms with Crippen LogP contribution in [0.4, 0.5) is 18.9 Å². The normalized spacial score (nSPS) is 10.9. The van der Waals surface area contributed by atoms with Gasteiger partial charge in [-0.3, -0.25) is 0 Å². The summed E-state index contributed by atoms with van der Waals surface area (Å²) in [5.41, 5.74) is -0.293. The molecule has 0 radical (unpaired) electrons. The average Bonchev–Trinajstić information content (AvgIpc) is 2.07. The van der Waals surface area contributed by atoms with Crippen LogP contribution in [0.25, 0.3) is 0 Å². The third kappa shape index (κ3) is 2.76. The minimum atomic E-state index is -4.32. The largest absolute Gasteiger partial charge is 0.416 e. The molecule has 0 unspecified atom stereocenters. The first-order valence-corrected chi connectivity index (χ1v) is 4.88. The minimum Gasteiger partial charge on any atom is -0.194 e. The SMILES string of the molecule is FC(F)(F)c1ccc(N=C=S)c(I)c1. The van der Waals surface area contributed by atoms with Crippen molar-refractivity contribution in [3.05, 3.63) is 27.3 Å². The van der Waals surface area contributed by atoms with E-state index in [-0.39, 0.29) is 0 Å². The lowest BCUT2D eigenvalue weighted by atomic mass is 10.2. The van der Waals surface area contributed by atoms with E-state index in [1.807, 2.05) is 0 Å². The molecular formula is C8H3F3INS. The summed E-state index contributed by atoms with van der Waals surface area (Å²) in [5, 5.41) is 2.11. The minimum absolute atomic E-state index is 0.397. The molecule has 1 rings (SSSR count). The number of hydrogen-bond donors (Lipinski definition) is 0. The summed E-state index contributed by atoms with van der Waals surface area (Å²) in [5.74, 6) is 0. The molecule has 6 heteroatoms. The van der Waals surface area contributed by atoms with Crippen molar-refractivity contribution in [2.24, 2.45) is 4.99 Å². The maximum absolute atomic E-state index is 12.2. The zero-order valence-corrected chi connectivity index (χ0v) is 9.57. The molecule has 0 bridgehead atoms. The fourth-order valence-electron chi connectivity index (χ4n) is 0.823. The van der Waals surface area contributed by atoms with Crippen molar-refractivity contribution in [3.8, 4) is 0 Å². The van der Waals surface area contributed by atoms with Gasteiger partial charge in [-0.15, -0.1) is 0 Å². The number of aliphatic imine (C=N–C) groups is 1. The van der Waals surface area contributed by atoms with Gasteiger partial charge in [-0.05, 0) is 53.0 Å². The van der Waals surface area contributed by atoms with Crippen LogP contribution in [0, 0.1) is 3.57 Å². The summed E-state index contributed by atoms with van der Waals surface area (Å²) in [6.45, 7) is 0. The molecule has 1 nitrogen and oxygen atoms in total. The van der Waals surface area contributed by atoms with E-state index >= 15 is 0 Å². The summed E-state index contributed by atoms with van der Waals surface area (Å²) in [6, 6.07) is 3.25. The Labute approximate surface area is 97.2 Å². The highest BCUT2D eigenvalue weighted by molar-refractivity contribution is 14.1. The topological polar surface area (TPSA) is 12.4 Å². The number of thiocarbonyl (C=S) groups is 1. The Hall–Kier alpha value is -0.460. The first-order chi connectivity index (χ1) is 6.45. The Bertz CT molecular complexity index is 396. The van der Waals surface area contributed by atoms with Gasteiger partial charge in [-0.1, -0.05) is 0 Å². The molecule has 0 atom stereocenters. The predicted octanol–water partition coefficient (Wildman–Crippen LogP) is 4.04. The summed E-state index contributed by atoms with van der Waals surface area (Å²) in [6.07, 6.45) is -4.32. The van der Waals surface area contributed by atoms with Gasteiger partial charge in [-0.25, -0.2) is 0 Å². The van der Waals surface area contributed by atoms with Gasteiger partial charge in [0.2, 0.25) is 0 Å². The molecule has 0 saturated carbocycles. The van der Waals surface area contributed by atoms with E-state index < -0.39 is 11.7 Å². The van der Waals surface area contributed by atoms with Crippen LogP contribution in [-0.2, 0) is 6.18 Å². The smallest absolute Gasteiger partial charge is 0.194 e.